The maximum Gasteiger partial charge on any atom is 0.377 e. The van der Waals surface area contributed by atoms with Crippen LogP contribution < -0.4 is 0 Å². The van der Waals surface area contributed by atoms with Gasteiger partial charge < -0.3 is 25.0 Å². The molecule has 0 saturated carbocycles. The summed E-state index contributed by atoms with van der Waals surface area (Å²) in [4.78, 5) is 23.6. The maximum absolute atomic E-state index is 12.3. The minimum absolute atomic E-state index is 0.0120. The summed E-state index contributed by atoms with van der Waals surface area (Å²) in [5.74, 6) is -3.20. The second-order valence-electron chi connectivity index (χ2n) is 6.50. The van der Waals surface area contributed by atoms with E-state index in [4.69, 9.17) is 0 Å². The molecule has 0 unspecified atom stereocenters. The highest BCUT2D eigenvalue weighted by molar-refractivity contribution is 6.42. The van der Waals surface area contributed by atoms with Gasteiger partial charge >= 0.3 is 5.97 Å². The van der Waals surface area contributed by atoms with Crippen molar-refractivity contribution < 1.29 is 30.0 Å². The molecule has 0 aliphatic heterocycles. The number of hydrogen-bond acceptors (Lipinski definition) is 5. The number of phenols is 3. The van der Waals surface area contributed by atoms with Gasteiger partial charge in [0.05, 0.1) is 11.1 Å². The van der Waals surface area contributed by atoms with Gasteiger partial charge in [-0.1, -0.05) is 18.2 Å². The average Bonchev–Trinajstić information content (AvgIpc) is 3.08. The number of rotatable bonds is 4. The number of aromatic nitrogens is 1. The van der Waals surface area contributed by atoms with Gasteiger partial charge in [0.15, 0.2) is 11.5 Å². The van der Waals surface area contributed by atoms with E-state index in [0.29, 0.717) is 27.7 Å². The fourth-order valence-electron chi connectivity index (χ4n) is 3.27. The summed E-state index contributed by atoms with van der Waals surface area (Å²) in [7, 11) is 0. The summed E-state index contributed by atoms with van der Waals surface area (Å²) in [6, 6.07) is 15.9. The first-order valence-electron chi connectivity index (χ1n) is 8.59. The van der Waals surface area contributed by atoms with Gasteiger partial charge in [-0.05, 0) is 47.5 Å². The first kappa shape index (κ1) is 18.1. The number of hydrogen-bond donors (Lipinski definition) is 4. The maximum atomic E-state index is 12.3. The lowest BCUT2D eigenvalue weighted by molar-refractivity contribution is -0.131. The molecular formula is C22H15NO6. The van der Waals surface area contributed by atoms with E-state index in [0.717, 1.165) is 0 Å². The zero-order valence-electron chi connectivity index (χ0n) is 14.9. The third kappa shape index (κ3) is 3.14. The van der Waals surface area contributed by atoms with Gasteiger partial charge in [-0.15, -0.1) is 0 Å². The molecule has 4 aromatic rings. The van der Waals surface area contributed by atoms with Crippen LogP contribution in [0.15, 0.2) is 66.9 Å². The van der Waals surface area contributed by atoms with Gasteiger partial charge in [-0.25, -0.2) is 4.79 Å². The summed E-state index contributed by atoms with van der Waals surface area (Å²) in [6.07, 6.45) is 1.39. The van der Waals surface area contributed by atoms with Gasteiger partial charge in [-0.3, -0.25) is 4.79 Å². The van der Waals surface area contributed by atoms with Gasteiger partial charge in [0, 0.05) is 23.3 Å². The van der Waals surface area contributed by atoms with Crippen LogP contribution in [0.2, 0.25) is 0 Å². The molecule has 144 valence electrons. The third-order valence-electron chi connectivity index (χ3n) is 4.66. The third-order valence-corrected chi connectivity index (χ3v) is 4.66. The molecule has 1 heterocycles. The number of ketones is 1. The first-order valence-corrected chi connectivity index (χ1v) is 8.59. The smallest absolute Gasteiger partial charge is 0.377 e. The highest BCUT2D eigenvalue weighted by Crippen LogP contribution is 2.33. The van der Waals surface area contributed by atoms with Gasteiger partial charge in [-0.2, -0.15) is 0 Å². The topological polar surface area (TPSA) is 120 Å². The van der Waals surface area contributed by atoms with E-state index in [1.54, 1.807) is 41.0 Å². The summed E-state index contributed by atoms with van der Waals surface area (Å²) in [5.41, 5.74) is 2.38. The number of carbonyl (C=O) groups excluding carboxylic acids is 1. The van der Waals surface area contributed by atoms with Gasteiger partial charge in [0.1, 0.15) is 5.75 Å². The normalized spacial score (nSPS) is 10.9. The number of carboxylic acids is 1. The molecule has 0 radical (unpaired) electrons. The molecule has 3 aromatic carbocycles. The molecule has 1 aromatic heterocycles. The zero-order valence-corrected chi connectivity index (χ0v) is 14.9. The molecule has 0 aliphatic rings. The Kier molecular flexibility index (Phi) is 4.20. The molecule has 7 nitrogen and oxygen atoms in total. The van der Waals surface area contributed by atoms with Crippen LogP contribution in [-0.4, -0.2) is 36.7 Å². The van der Waals surface area contributed by atoms with E-state index in [-0.39, 0.29) is 22.8 Å². The summed E-state index contributed by atoms with van der Waals surface area (Å²) in [5, 5.41) is 38.7. The van der Waals surface area contributed by atoms with E-state index in [9.17, 15) is 30.0 Å². The first-order chi connectivity index (χ1) is 13.8. The van der Waals surface area contributed by atoms with Crippen LogP contribution in [-0.2, 0) is 4.79 Å². The molecule has 0 amide bonds. The largest absolute Gasteiger partial charge is 0.508 e. The van der Waals surface area contributed by atoms with E-state index < -0.39 is 11.8 Å². The molecule has 4 N–H and O–H groups in total. The summed E-state index contributed by atoms with van der Waals surface area (Å²) in [6.45, 7) is 0. The fraction of sp³-hybridized carbons (Fsp3) is 0. The standard InChI is InChI=1S/C22H15NO6/c24-15-3-1-2-12(8-15)13-4-6-18-16(9-13)17(21(27)22(28)29)11-23(18)14-5-7-19(25)20(26)10-14/h1-11,24-26H,(H,28,29). The van der Waals surface area contributed by atoms with E-state index in [1.165, 1.54) is 30.5 Å². The van der Waals surface area contributed by atoms with E-state index >= 15 is 0 Å². The van der Waals surface area contributed by atoms with Crippen LogP contribution in [0.5, 0.6) is 17.2 Å². The monoisotopic (exact) mass is 389 g/mol. The molecule has 0 fully saturated rings. The molecule has 0 bridgehead atoms. The Hall–Kier alpha value is -4.26. The minimum atomic E-state index is -1.58. The number of Topliss-reactive ketones (excluding diaryl/α,β-unsaturated/α-hetero) is 1. The Labute approximate surface area is 164 Å². The van der Waals surface area contributed by atoms with Crippen molar-refractivity contribution >= 4 is 22.7 Å². The van der Waals surface area contributed by atoms with Crippen LogP contribution in [0.1, 0.15) is 10.4 Å². The predicted octanol–water partition coefficient (Wildman–Crippen LogP) is 3.68. The van der Waals surface area contributed by atoms with Gasteiger partial charge in [0.2, 0.25) is 0 Å². The Morgan fingerprint density at radius 2 is 1.55 bits per heavy atom. The summed E-state index contributed by atoms with van der Waals surface area (Å²) < 4.78 is 1.57. The molecule has 4 rings (SSSR count). The zero-order chi connectivity index (χ0) is 20.7. The Bertz CT molecular complexity index is 1290. The molecule has 7 heteroatoms. The minimum Gasteiger partial charge on any atom is -0.508 e. The van der Waals surface area contributed by atoms with Crippen molar-refractivity contribution in [3.8, 4) is 34.1 Å². The molecule has 0 saturated heterocycles. The number of nitrogens with zero attached hydrogens (tertiary/aromatic N) is 1. The van der Waals surface area contributed by atoms with Crippen molar-refractivity contribution in [3.63, 3.8) is 0 Å². The molecule has 0 atom stereocenters. The average molecular weight is 389 g/mol. The number of carbonyl (C=O) groups is 2. The van der Waals surface area contributed by atoms with Crippen LogP contribution in [0.25, 0.3) is 27.7 Å². The highest BCUT2D eigenvalue weighted by Gasteiger charge is 2.22. The van der Waals surface area contributed by atoms with Crippen molar-refractivity contribution in [2.75, 3.05) is 0 Å². The highest BCUT2D eigenvalue weighted by atomic mass is 16.4. The number of aliphatic carboxylic acids is 1. The summed E-state index contributed by atoms with van der Waals surface area (Å²) >= 11 is 0. The van der Waals surface area contributed by atoms with Crippen LogP contribution in [0, 0.1) is 0 Å². The SMILES string of the molecule is O=C(O)C(=O)c1cn(-c2ccc(O)c(O)c2)c2ccc(-c3cccc(O)c3)cc12. The second-order valence-corrected chi connectivity index (χ2v) is 6.50. The van der Waals surface area contributed by atoms with Crippen molar-refractivity contribution in [3.05, 3.63) is 72.4 Å². The lowest BCUT2D eigenvalue weighted by Crippen LogP contribution is -2.12. The van der Waals surface area contributed by atoms with Crippen LogP contribution >= 0.6 is 0 Å². The quantitative estimate of drug-likeness (QED) is 0.240. The van der Waals surface area contributed by atoms with Crippen molar-refractivity contribution in [2.45, 2.75) is 0 Å². The molecular weight excluding hydrogens is 374 g/mol. The van der Waals surface area contributed by atoms with Crippen molar-refractivity contribution in [2.24, 2.45) is 0 Å². The molecule has 29 heavy (non-hydrogen) atoms. The number of fused-ring (bicyclic) bond motifs is 1. The van der Waals surface area contributed by atoms with Crippen LogP contribution in [0.4, 0.5) is 0 Å². The lowest BCUT2D eigenvalue weighted by atomic mass is 10.0. The number of aromatic hydroxyl groups is 3. The fourth-order valence-corrected chi connectivity index (χ4v) is 3.27. The second kappa shape index (κ2) is 6.72. The number of benzene rings is 3. The Morgan fingerprint density at radius 1 is 0.793 bits per heavy atom. The molecule has 0 aliphatic carbocycles. The Morgan fingerprint density at radius 3 is 2.24 bits per heavy atom. The van der Waals surface area contributed by atoms with Crippen molar-refractivity contribution in [1.82, 2.24) is 4.57 Å². The van der Waals surface area contributed by atoms with Crippen molar-refractivity contribution in [1.29, 1.82) is 0 Å². The van der Waals surface area contributed by atoms with E-state index in [1.807, 2.05) is 0 Å². The number of carboxylic acid groups (broad SMARTS) is 1. The van der Waals surface area contributed by atoms with Crippen LogP contribution in [0.3, 0.4) is 0 Å². The molecule has 0 spiro atoms. The number of phenolic OH excluding ortho intramolecular Hbond substituents is 3. The lowest BCUT2D eigenvalue weighted by Gasteiger charge is -2.08. The Balaban J connectivity index is 1.97. The predicted molar refractivity (Wildman–Crippen MR) is 106 cm³/mol. The van der Waals surface area contributed by atoms with Gasteiger partial charge in [0.25, 0.3) is 5.78 Å². The van der Waals surface area contributed by atoms with E-state index in [2.05, 4.69) is 0 Å².